The SMILES string of the molecule is N#Cc1ccc(-c2cc(C#Cc3ccccc3)cc(C=O)c2)cc1. The summed E-state index contributed by atoms with van der Waals surface area (Å²) in [6.45, 7) is 0. The van der Waals surface area contributed by atoms with E-state index < -0.39 is 0 Å². The van der Waals surface area contributed by atoms with Gasteiger partial charge >= 0.3 is 0 Å². The maximum atomic E-state index is 11.2. The Morgan fingerprint density at radius 2 is 1.42 bits per heavy atom. The summed E-state index contributed by atoms with van der Waals surface area (Å²) >= 11 is 0. The molecule has 0 radical (unpaired) electrons. The number of carbonyl (C=O) groups excluding carboxylic acids is 1. The molecule has 3 aromatic rings. The third kappa shape index (κ3) is 3.58. The molecule has 0 amide bonds. The third-order valence-corrected chi connectivity index (χ3v) is 3.56. The zero-order valence-electron chi connectivity index (χ0n) is 12.9. The molecule has 112 valence electrons. The molecule has 2 nitrogen and oxygen atoms in total. The molecule has 0 fully saturated rings. The number of aldehydes is 1. The smallest absolute Gasteiger partial charge is 0.150 e. The van der Waals surface area contributed by atoms with Gasteiger partial charge in [0.1, 0.15) is 6.29 Å². The van der Waals surface area contributed by atoms with Crippen molar-refractivity contribution >= 4 is 6.29 Å². The summed E-state index contributed by atoms with van der Waals surface area (Å²) in [5.41, 5.74) is 4.74. The van der Waals surface area contributed by atoms with Gasteiger partial charge in [-0.25, -0.2) is 0 Å². The number of carbonyl (C=O) groups is 1. The van der Waals surface area contributed by atoms with Crippen molar-refractivity contribution < 1.29 is 4.79 Å². The highest BCUT2D eigenvalue weighted by Crippen LogP contribution is 2.22. The number of rotatable bonds is 2. The van der Waals surface area contributed by atoms with Crippen molar-refractivity contribution in [3.63, 3.8) is 0 Å². The molecule has 0 bridgehead atoms. The van der Waals surface area contributed by atoms with Crippen LogP contribution in [0.15, 0.2) is 72.8 Å². The molecule has 0 aromatic heterocycles. The predicted octanol–water partition coefficient (Wildman–Crippen LogP) is 4.44. The first kappa shape index (κ1) is 15.3. The second kappa shape index (κ2) is 7.09. The second-order valence-corrected chi connectivity index (χ2v) is 5.27. The lowest BCUT2D eigenvalue weighted by atomic mass is 9.99. The number of hydrogen-bond donors (Lipinski definition) is 0. The molecule has 2 heteroatoms. The van der Waals surface area contributed by atoms with Gasteiger partial charge in [-0.3, -0.25) is 4.79 Å². The van der Waals surface area contributed by atoms with Crippen molar-refractivity contribution in [2.45, 2.75) is 0 Å². The monoisotopic (exact) mass is 307 g/mol. The lowest BCUT2D eigenvalue weighted by molar-refractivity contribution is 0.112. The average Bonchev–Trinajstić information content (AvgIpc) is 2.67. The Bertz CT molecular complexity index is 968. The third-order valence-electron chi connectivity index (χ3n) is 3.56. The molecule has 0 aliphatic carbocycles. The Kier molecular flexibility index (Phi) is 4.52. The van der Waals surface area contributed by atoms with Crippen molar-refractivity contribution in [1.82, 2.24) is 0 Å². The first-order valence-corrected chi connectivity index (χ1v) is 7.46. The first-order valence-electron chi connectivity index (χ1n) is 7.46. The summed E-state index contributed by atoms with van der Waals surface area (Å²) in [6.07, 6.45) is 0.820. The van der Waals surface area contributed by atoms with Crippen molar-refractivity contribution in [2.24, 2.45) is 0 Å². The normalized spacial score (nSPS) is 9.46. The van der Waals surface area contributed by atoms with Crippen LogP contribution in [0.4, 0.5) is 0 Å². The van der Waals surface area contributed by atoms with Crippen molar-refractivity contribution in [3.05, 3.63) is 95.1 Å². The molecule has 0 heterocycles. The minimum Gasteiger partial charge on any atom is -0.298 e. The van der Waals surface area contributed by atoms with Gasteiger partial charge in [-0.1, -0.05) is 42.2 Å². The summed E-state index contributed by atoms with van der Waals surface area (Å²) in [5.74, 6) is 6.21. The molecular formula is C22H13NO. The fraction of sp³-hybridized carbons (Fsp3) is 0. The Labute approximate surface area is 141 Å². The van der Waals surface area contributed by atoms with Crippen LogP contribution < -0.4 is 0 Å². The number of nitriles is 1. The van der Waals surface area contributed by atoms with Crippen molar-refractivity contribution in [1.29, 1.82) is 5.26 Å². The van der Waals surface area contributed by atoms with E-state index in [2.05, 4.69) is 17.9 Å². The van der Waals surface area contributed by atoms with Crippen LogP contribution in [0.2, 0.25) is 0 Å². The minimum absolute atomic E-state index is 0.578. The molecule has 0 atom stereocenters. The Balaban J connectivity index is 2.01. The summed E-state index contributed by atoms with van der Waals surface area (Å²) in [7, 11) is 0. The summed E-state index contributed by atoms with van der Waals surface area (Å²) < 4.78 is 0. The highest BCUT2D eigenvalue weighted by molar-refractivity contribution is 5.80. The molecule has 3 rings (SSSR count). The molecule has 0 spiro atoms. The fourth-order valence-electron chi connectivity index (χ4n) is 2.36. The number of nitrogens with zero attached hydrogens (tertiary/aromatic N) is 1. The van der Waals surface area contributed by atoms with Gasteiger partial charge in [0.15, 0.2) is 0 Å². The Hall–Kier alpha value is -3.62. The van der Waals surface area contributed by atoms with Crippen LogP contribution in [0.5, 0.6) is 0 Å². The van der Waals surface area contributed by atoms with Crippen LogP contribution in [0.3, 0.4) is 0 Å². The Morgan fingerprint density at radius 1 is 0.708 bits per heavy atom. The summed E-state index contributed by atoms with van der Waals surface area (Å²) in [4.78, 5) is 11.2. The quantitative estimate of drug-likeness (QED) is 0.519. The van der Waals surface area contributed by atoms with E-state index in [0.717, 1.165) is 28.5 Å². The lowest BCUT2D eigenvalue weighted by Crippen LogP contribution is -1.87. The zero-order chi connectivity index (χ0) is 16.8. The van der Waals surface area contributed by atoms with E-state index in [4.69, 9.17) is 5.26 Å². The van der Waals surface area contributed by atoms with Crippen molar-refractivity contribution in [2.75, 3.05) is 0 Å². The van der Waals surface area contributed by atoms with E-state index in [1.165, 1.54) is 0 Å². The molecule has 0 saturated carbocycles. The van der Waals surface area contributed by atoms with Crippen LogP contribution in [-0.2, 0) is 0 Å². The molecule has 0 N–H and O–H groups in total. The van der Waals surface area contributed by atoms with E-state index in [9.17, 15) is 4.79 Å². The molecule has 0 aliphatic heterocycles. The van der Waals surface area contributed by atoms with Gasteiger partial charge < -0.3 is 0 Å². The highest BCUT2D eigenvalue weighted by Gasteiger charge is 2.03. The number of hydrogen-bond acceptors (Lipinski definition) is 2. The van der Waals surface area contributed by atoms with E-state index in [1.54, 1.807) is 18.2 Å². The predicted molar refractivity (Wildman–Crippen MR) is 94.4 cm³/mol. The van der Waals surface area contributed by atoms with Gasteiger partial charge in [-0.2, -0.15) is 5.26 Å². The number of benzene rings is 3. The van der Waals surface area contributed by atoms with Gasteiger partial charge in [0, 0.05) is 16.7 Å². The van der Waals surface area contributed by atoms with E-state index in [-0.39, 0.29) is 0 Å². The Morgan fingerprint density at radius 3 is 2.08 bits per heavy atom. The standard InChI is InChI=1S/C22H13NO/c23-15-18-8-10-21(11-9-18)22-13-19(12-20(14-22)16-24)7-6-17-4-2-1-3-5-17/h1-5,8-14,16H. The van der Waals surface area contributed by atoms with Crippen LogP contribution >= 0.6 is 0 Å². The van der Waals surface area contributed by atoms with Crippen LogP contribution in [0.25, 0.3) is 11.1 Å². The van der Waals surface area contributed by atoms with Crippen LogP contribution in [0.1, 0.15) is 27.0 Å². The lowest BCUT2D eigenvalue weighted by Gasteiger charge is -2.04. The van der Waals surface area contributed by atoms with E-state index >= 15 is 0 Å². The molecule has 0 unspecified atom stereocenters. The molecular weight excluding hydrogens is 294 g/mol. The molecule has 0 aliphatic rings. The second-order valence-electron chi connectivity index (χ2n) is 5.27. The van der Waals surface area contributed by atoms with Gasteiger partial charge in [0.05, 0.1) is 11.6 Å². The van der Waals surface area contributed by atoms with Gasteiger partial charge in [0.2, 0.25) is 0 Å². The van der Waals surface area contributed by atoms with E-state index in [0.29, 0.717) is 11.1 Å². The summed E-state index contributed by atoms with van der Waals surface area (Å²) in [6, 6.07) is 24.6. The zero-order valence-corrected chi connectivity index (χ0v) is 12.9. The van der Waals surface area contributed by atoms with Gasteiger partial charge in [0.25, 0.3) is 0 Å². The highest BCUT2D eigenvalue weighted by atomic mass is 16.1. The first-order chi connectivity index (χ1) is 11.8. The largest absolute Gasteiger partial charge is 0.298 e. The van der Waals surface area contributed by atoms with E-state index in [1.807, 2.05) is 54.6 Å². The minimum atomic E-state index is 0.578. The van der Waals surface area contributed by atoms with Crippen LogP contribution in [-0.4, -0.2) is 6.29 Å². The molecule has 3 aromatic carbocycles. The van der Waals surface area contributed by atoms with Crippen molar-refractivity contribution in [3.8, 4) is 29.0 Å². The van der Waals surface area contributed by atoms with Gasteiger partial charge in [-0.15, -0.1) is 0 Å². The van der Waals surface area contributed by atoms with Crippen LogP contribution in [0, 0.1) is 23.2 Å². The maximum Gasteiger partial charge on any atom is 0.150 e. The maximum absolute atomic E-state index is 11.2. The summed E-state index contributed by atoms with van der Waals surface area (Å²) in [5, 5.41) is 8.89. The fourth-order valence-corrected chi connectivity index (χ4v) is 2.36. The average molecular weight is 307 g/mol. The van der Waals surface area contributed by atoms with Gasteiger partial charge in [-0.05, 0) is 53.6 Å². The molecule has 0 saturated heterocycles. The topological polar surface area (TPSA) is 40.9 Å². The molecule has 24 heavy (non-hydrogen) atoms.